The second kappa shape index (κ2) is 7.93. The molecule has 6 nitrogen and oxygen atoms in total. The summed E-state index contributed by atoms with van der Waals surface area (Å²) in [6.45, 7) is 0. The normalized spacial score (nSPS) is 10.7. The van der Waals surface area contributed by atoms with E-state index in [4.69, 9.17) is 4.42 Å². The summed E-state index contributed by atoms with van der Waals surface area (Å²) >= 11 is 0. The first-order chi connectivity index (χ1) is 14.1. The molecular formula is C22H16FN3O3. The SMILES string of the molecule is O=C(Cc1ccc(F)cc1)NNC(=O)c1cc(-c2ccco2)nc2ccccc12. The number of para-hydroxylation sites is 1. The molecule has 0 aliphatic heterocycles. The first-order valence-corrected chi connectivity index (χ1v) is 8.87. The molecule has 2 heterocycles. The lowest BCUT2D eigenvalue weighted by molar-refractivity contribution is -0.121. The standard InChI is InChI=1S/C22H16FN3O3/c23-15-9-7-14(8-10-15)12-21(27)25-26-22(28)17-13-19(20-6-3-11-29-20)24-18-5-2-1-4-16(17)18/h1-11,13H,12H2,(H,25,27)(H,26,28). The van der Waals surface area contributed by atoms with Crippen molar-refractivity contribution in [3.63, 3.8) is 0 Å². The number of hydrazine groups is 1. The zero-order valence-electron chi connectivity index (χ0n) is 15.2. The molecule has 144 valence electrons. The van der Waals surface area contributed by atoms with Crippen LogP contribution >= 0.6 is 0 Å². The van der Waals surface area contributed by atoms with Gasteiger partial charge in [0.2, 0.25) is 5.91 Å². The van der Waals surface area contributed by atoms with Gasteiger partial charge < -0.3 is 4.42 Å². The number of furan rings is 1. The molecule has 0 saturated carbocycles. The van der Waals surface area contributed by atoms with Crippen LogP contribution in [0, 0.1) is 5.82 Å². The minimum atomic E-state index is -0.483. The molecule has 0 saturated heterocycles. The van der Waals surface area contributed by atoms with Crippen LogP contribution in [0.25, 0.3) is 22.4 Å². The molecule has 4 aromatic rings. The first kappa shape index (κ1) is 18.4. The van der Waals surface area contributed by atoms with Gasteiger partial charge in [0.1, 0.15) is 11.5 Å². The Bertz CT molecular complexity index is 1170. The topological polar surface area (TPSA) is 84.2 Å². The van der Waals surface area contributed by atoms with Crippen molar-refractivity contribution in [2.45, 2.75) is 6.42 Å². The summed E-state index contributed by atoms with van der Waals surface area (Å²) in [4.78, 5) is 29.4. The van der Waals surface area contributed by atoms with E-state index in [1.54, 1.807) is 36.4 Å². The Morgan fingerprint density at radius 2 is 1.76 bits per heavy atom. The van der Waals surface area contributed by atoms with Crippen LogP contribution in [0.1, 0.15) is 15.9 Å². The fraction of sp³-hybridized carbons (Fsp3) is 0.0455. The van der Waals surface area contributed by atoms with Crippen LogP contribution in [0.4, 0.5) is 4.39 Å². The Kier molecular flexibility index (Phi) is 5.03. The molecule has 0 spiro atoms. The second-order valence-electron chi connectivity index (χ2n) is 6.36. The average molecular weight is 389 g/mol. The maximum atomic E-state index is 13.0. The van der Waals surface area contributed by atoms with Crippen LogP contribution in [-0.2, 0) is 11.2 Å². The predicted octanol–water partition coefficient (Wildman–Crippen LogP) is 3.64. The van der Waals surface area contributed by atoms with E-state index in [0.717, 1.165) is 0 Å². The van der Waals surface area contributed by atoms with Crippen molar-refractivity contribution < 1.29 is 18.4 Å². The van der Waals surface area contributed by atoms with Crippen molar-refractivity contribution >= 4 is 22.7 Å². The Hall–Kier alpha value is -4.00. The molecule has 0 aliphatic carbocycles. The smallest absolute Gasteiger partial charge is 0.270 e. The summed E-state index contributed by atoms with van der Waals surface area (Å²) in [5.74, 6) is -0.747. The maximum Gasteiger partial charge on any atom is 0.270 e. The quantitative estimate of drug-likeness (QED) is 0.522. The number of nitrogens with one attached hydrogen (secondary N) is 2. The fourth-order valence-corrected chi connectivity index (χ4v) is 2.94. The lowest BCUT2D eigenvalue weighted by Crippen LogP contribution is -2.42. The van der Waals surface area contributed by atoms with Gasteiger partial charge >= 0.3 is 0 Å². The molecule has 2 N–H and O–H groups in total. The second-order valence-corrected chi connectivity index (χ2v) is 6.36. The number of halogens is 1. The highest BCUT2D eigenvalue weighted by Crippen LogP contribution is 2.25. The van der Waals surface area contributed by atoms with Gasteiger partial charge in [0.05, 0.1) is 23.8 Å². The van der Waals surface area contributed by atoms with E-state index in [1.165, 1.54) is 30.5 Å². The summed E-state index contributed by atoms with van der Waals surface area (Å²) in [7, 11) is 0. The fourth-order valence-electron chi connectivity index (χ4n) is 2.94. The molecule has 2 aromatic heterocycles. The molecule has 4 rings (SSSR count). The number of fused-ring (bicyclic) bond motifs is 1. The number of pyridine rings is 1. The monoisotopic (exact) mass is 389 g/mol. The minimum absolute atomic E-state index is 0.00922. The molecule has 0 radical (unpaired) electrons. The van der Waals surface area contributed by atoms with Gasteiger partial charge in [0.15, 0.2) is 5.76 Å². The number of rotatable bonds is 4. The van der Waals surface area contributed by atoms with Crippen molar-refractivity contribution in [1.29, 1.82) is 0 Å². The van der Waals surface area contributed by atoms with Crippen molar-refractivity contribution in [1.82, 2.24) is 15.8 Å². The van der Waals surface area contributed by atoms with Gasteiger partial charge in [-0.2, -0.15) is 0 Å². The number of carbonyl (C=O) groups is 2. The summed E-state index contributed by atoms with van der Waals surface area (Å²) in [5, 5.41) is 0.646. The number of amides is 2. The Morgan fingerprint density at radius 1 is 0.966 bits per heavy atom. The average Bonchev–Trinajstić information content (AvgIpc) is 3.28. The molecule has 0 atom stereocenters. The number of benzene rings is 2. The largest absolute Gasteiger partial charge is 0.463 e. The third-order valence-corrected chi connectivity index (χ3v) is 4.33. The van der Waals surface area contributed by atoms with Crippen LogP contribution in [0.3, 0.4) is 0 Å². The zero-order valence-corrected chi connectivity index (χ0v) is 15.2. The van der Waals surface area contributed by atoms with Crippen LogP contribution in [0.2, 0.25) is 0 Å². The summed E-state index contributed by atoms with van der Waals surface area (Å²) in [6, 6.07) is 17.9. The summed E-state index contributed by atoms with van der Waals surface area (Å²) in [6.07, 6.45) is 1.54. The van der Waals surface area contributed by atoms with E-state index in [2.05, 4.69) is 15.8 Å². The van der Waals surface area contributed by atoms with Gasteiger partial charge in [0.25, 0.3) is 5.91 Å². The Labute approximate surface area is 165 Å². The number of nitrogens with zero attached hydrogens (tertiary/aromatic N) is 1. The molecular weight excluding hydrogens is 373 g/mol. The van der Waals surface area contributed by atoms with E-state index < -0.39 is 11.8 Å². The van der Waals surface area contributed by atoms with E-state index in [0.29, 0.717) is 33.5 Å². The molecule has 0 fully saturated rings. The van der Waals surface area contributed by atoms with Crippen molar-refractivity contribution in [2.24, 2.45) is 0 Å². The highest BCUT2D eigenvalue weighted by Gasteiger charge is 2.15. The zero-order chi connectivity index (χ0) is 20.2. The number of aromatic nitrogens is 1. The lowest BCUT2D eigenvalue weighted by atomic mass is 10.1. The molecule has 0 aliphatic rings. The number of hydrogen-bond donors (Lipinski definition) is 2. The third kappa shape index (κ3) is 4.14. The van der Waals surface area contributed by atoms with Gasteiger partial charge in [0, 0.05) is 5.39 Å². The Balaban J connectivity index is 1.53. The van der Waals surface area contributed by atoms with Crippen LogP contribution in [0.5, 0.6) is 0 Å². The lowest BCUT2D eigenvalue weighted by Gasteiger charge is -2.11. The van der Waals surface area contributed by atoms with E-state index in [9.17, 15) is 14.0 Å². The van der Waals surface area contributed by atoms with Gasteiger partial charge in [-0.15, -0.1) is 0 Å². The molecule has 29 heavy (non-hydrogen) atoms. The van der Waals surface area contributed by atoms with Gasteiger partial charge in [-0.25, -0.2) is 9.37 Å². The predicted molar refractivity (Wildman–Crippen MR) is 105 cm³/mol. The van der Waals surface area contributed by atoms with E-state index >= 15 is 0 Å². The summed E-state index contributed by atoms with van der Waals surface area (Å²) < 4.78 is 18.3. The molecule has 0 unspecified atom stereocenters. The van der Waals surface area contributed by atoms with Gasteiger partial charge in [-0.1, -0.05) is 30.3 Å². The van der Waals surface area contributed by atoms with Gasteiger partial charge in [-0.05, 0) is 42.0 Å². The Morgan fingerprint density at radius 3 is 2.52 bits per heavy atom. The van der Waals surface area contributed by atoms with E-state index in [1.807, 2.05) is 6.07 Å². The van der Waals surface area contributed by atoms with Crippen LogP contribution in [-0.4, -0.2) is 16.8 Å². The van der Waals surface area contributed by atoms with Gasteiger partial charge in [-0.3, -0.25) is 20.4 Å². The first-order valence-electron chi connectivity index (χ1n) is 8.87. The molecule has 7 heteroatoms. The van der Waals surface area contributed by atoms with Crippen LogP contribution < -0.4 is 10.9 Å². The van der Waals surface area contributed by atoms with Crippen molar-refractivity contribution in [3.8, 4) is 11.5 Å². The highest BCUT2D eigenvalue weighted by atomic mass is 19.1. The summed E-state index contributed by atoms with van der Waals surface area (Å²) in [5.41, 5.74) is 6.93. The van der Waals surface area contributed by atoms with Crippen molar-refractivity contribution in [3.05, 3.63) is 89.9 Å². The highest BCUT2D eigenvalue weighted by molar-refractivity contribution is 6.07. The number of hydrogen-bond acceptors (Lipinski definition) is 4. The minimum Gasteiger partial charge on any atom is -0.463 e. The number of carbonyl (C=O) groups excluding carboxylic acids is 2. The van der Waals surface area contributed by atoms with Crippen LogP contribution in [0.15, 0.2) is 77.4 Å². The molecule has 2 amide bonds. The third-order valence-electron chi connectivity index (χ3n) is 4.33. The molecule has 0 bridgehead atoms. The maximum absolute atomic E-state index is 13.0. The molecule has 2 aromatic carbocycles. The van der Waals surface area contributed by atoms with Crippen molar-refractivity contribution in [2.75, 3.05) is 0 Å². The van der Waals surface area contributed by atoms with E-state index in [-0.39, 0.29) is 12.2 Å².